The van der Waals surface area contributed by atoms with Crippen molar-refractivity contribution in [2.75, 3.05) is 32.8 Å². The largest absolute Gasteiger partial charge is 0.513 e. The molecule has 3 rings (SSSR count). The average Bonchev–Trinajstić information content (AvgIpc) is 2.86. The molecule has 0 aliphatic carbocycles. The number of amides is 2. The van der Waals surface area contributed by atoms with E-state index in [1.54, 1.807) is 31.2 Å². The molecule has 1 heterocycles. The van der Waals surface area contributed by atoms with Crippen LogP contribution in [0.2, 0.25) is 0 Å². The van der Waals surface area contributed by atoms with E-state index in [1.165, 1.54) is 0 Å². The molecular formula is C29H38N2O6. The SMILES string of the molecule is CCOC(=O)Oc1ccc(C(=O)NCC2CCN(C(=O)COc3ccc(C)cc3C(C)(C)C)CC2)cc1. The molecule has 0 bridgehead atoms. The Morgan fingerprint density at radius 2 is 1.70 bits per heavy atom. The highest BCUT2D eigenvalue weighted by atomic mass is 16.7. The lowest BCUT2D eigenvalue weighted by molar-refractivity contribution is -0.134. The summed E-state index contributed by atoms with van der Waals surface area (Å²) in [6.45, 7) is 12.2. The van der Waals surface area contributed by atoms with E-state index in [2.05, 4.69) is 39.1 Å². The molecule has 0 unspecified atom stereocenters. The second kappa shape index (κ2) is 12.6. The normalized spacial score (nSPS) is 14.1. The molecule has 2 amide bonds. The molecule has 8 heteroatoms. The van der Waals surface area contributed by atoms with E-state index in [0.717, 1.165) is 29.7 Å². The van der Waals surface area contributed by atoms with E-state index < -0.39 is 6.16 Å². The standard InChI is InChI=1S/C29H38N2O6/c1-6-35-28(34)37-23-10-8-22(9-11-23)27(33)30-18-21-13-15-31(16-14-21)26(32)19-36-25-12-7-20(2)17-24(25)29(3,4)5/h7-12,17,21H,6,13-16,18-19H2,1-5H3,(H,30,33). The van der Waals surface area contributed by atoms with Gasteiger partial charge in [-0.05, 0) is 73.9 Å². The van der Waals surface area contributed by atoms with Gasteiger partial charge >= 0.3 is 6.16 Å². The summed E-state index contributed by atoms with van der Waals surface area (Å²) in [5.74, 6) is 1.15. The van der Waals surface area contributed by atoms with Crippen LogP contribution in [0, 0.1) is 12.8 Å². The van der Waals surface area contributed by atoms with Gasteiger partial charge < -0.3 is 24.4 Å². The smallest absolute Gasteiger partial charge is 0.483 e. The Bertz CT molecular complexity index is 1080. The molecule has 0 spiro atoms. The lowest BCUT2D eigenvalue weighted by Crippen LogP contribution is -2.43. The highest BCUT2D eigenvalue weighted by Crippen LogP contribution is 2.32. The Morgan fingerprint density at radius 1 is 1.03 bits per heavy atom. The first kappa shape index (κ1) is 28.0. The predicted molar refractivity (Wildman–Crippen MR) is 141 cm³/mol. The van der Waals surface area contributed by atoms with Crippen LogP contribution in [0.5, 0.6) is 11.5 Å². The maximum absolute atomic E-state index is 12.8. The summed E-state index contributed by atoms with van der Waals surface area (Å²) in [6.07, 6.45) is 0.854. The summed E-state index contributed by atoms with van der Waals surface area (Å²) in [4.78, 5) is 38.5. The number of benzene rings is 2. The van der Waals surface area contributed by atoms with Gasteiger partial charge in [-0.2, -0.15) is 0 Å². The summed E-state index contributed by atoms with van der Waals surface area (Å²) < 4.78 is 15.7. The minimum atomic E-state index is -0.777. The fourth-order valence-electron chi connectivity index (χ4n) is 4.23. The first-order chi connectivity index (χ1) is 17.6. The summed E-state index contributed by atoms with van der Waals surface area (Å²) in [7, 11) is 0. The van der Waals surface area contributed by atoms with Crippen molar-refractivity contribution >= 4 is 18.0 Å². The summed E-state index contributed by atoms with van der Waals surface area (Å²) >= 11 is 0. The molecule has 200 valence electrons. The lowest BCUT2D eigenvalue weighted by Gasteiger charge is -2.32. The van der Waals surface area contributed by atoms with Crippen molar-refractivity contribution in [3.8, 4) is 11.5 Å². The second-order valence-electron chi connectivity index (χ2n) is 10.4. The number of rotatable bonds is 8. The molecule has 1 N–H and O–H groups in total. The van der Waals surface area contributed by atoms with E-state index in [4.69, 9.17) is 14.2 Å². The Kier molecular flexibility index (Phi) is 9.55. The molecule has 0 saturated carbocycles. The third-order valence-electron chi connectivity index (χ3n) is 6.39. The molecule has 37 heavy (non-hydrogen) atoms. The number of hydrogen-bond acceptors (Lipinski definition) is 6. The van der Waals surface area contributed by atoms with Gasteiger partial charge in [-0.25, -0.2) is 4.79 Å². The minimum absolute atomic E-state index is 0.0173. The van der Waals surface area contributed by atoms with Gasteiger partial charge in [0.25, 0.3) is 11.8 Å². The van der Waals surface area contributed by atoms with Crippen LogP contribution >= 0.6 is 0 Å². The fourth-order valence-corrected chi connectivity index (χ4v) is 4.23. The topological polar surface area (TPSA) is 94.2 Å². The van der Waals surface area contributed by atoms with Crippen LogP contribution < -0.4 is 14.8 Å². The third kappa shape index (κ3) is 8.23. The van der Waals surface area contributed by atoms with Crippen LogP contribution in [0.25, 0.3) is 0 Å². The maximum atomic E-state index is 12.8. The van der Waals surface area contributed by atoms with E-state index in [0.29, 0.717) is 36.9 Å². The average molecular weight is 511 g/mol. The molecule has 8 nitrogen and oxygen atoms in total. The van der Waals surface area contributed by atoms with Gasteiger partial charge in [-0.15, -0.1) is 0 Å². The zero-order valence-electron chi connectivity index (χ0n) is 22.5. The van der Waals surface area contributed by atoms with E-state index in [-0.39, 0.29) is 30.4 Å². The number of hydrogen-bond donors (Lipinski definition) is 1. The van der Waals surface area contributed by atoms with Crippen molar-refractivity contribution in [2.24, 2.45) is 5.92 Å². The van der Waals surface area contributed by atoms with Crippen molar-refractivity contribution in [3.63, 3.8) is 0 Å². The van der Waals surface area contributed by atoms with Crippen molar-refractivity contribution in [3.05, 3.63) is 59.2 Å². The first-order valence-corrected chi connectivity index (χ1v) is 12.8. The molecule has 1 fully saturated rings. The van der Waals surface area contributed by atoms with Gasteiger partial charge in [0.05, 0.1) is 6.61 Å². The molecule has 2 aromatic rings. The quantitative estimate of drug-likeness (QED) is 0.402. The number of nitrogens with one attached hydrogen (secondary N) is 1. The van der Waals surface area contributed by atoms with Crippen LogP contribution in [-0.2, 0) is 14.9 Å². The Labute approximate surface area is 219 Å². The Balaban J connectivity index is 1.42. The van der Waals surface area contributed by atoms with Crippen LogP contribution in [0.15, 0.2) is 42.5 Å². The van der Waals surface area contributed by atoms with Gasteiger partial charge in [0.1, 0.15) is 11.5 Å². The predicted octanol–water partition coefficient (Wildman–Crippen LogP) is 4.88. The van der Waals surface area contributed by atoms with Crippen molar-refractivity contribution in [2.45, 2.75) is 52.9 Å². The fraction of sp³-hybridized carbons (Fsp3) is 0.483. The van der Waals surface area contributed by atoms with Crippen LogP contribution in [0.1, 0.15) is 62.0 Å². The Hall–Kier alpha value is -3.55. The molecule has 1 aliphatic rings. The zero-order chi connectivity index (χ0) is 27.0. The first-order valence-electron chi connectivity index (χ1n) is 12.8. The zero-order valence-corrected chi connectivity index (χ0v) is 22.5. The summed E-state index contributed by atoms with van der Waals surface area (Å²) in [6, 6.07) is 12.4. The van der Waals surface area contributed by atoms with Gasteiger partial charge in [0.2, 0.25) is 0 Å². The molecule has 1 saturated heterocycles. The number of piperidine rings is 1. The number of likely N-dealkylation sites (tertiary alicyclic amines) is 1. The van der Waals surface area contributed by atoms with Gasteiger partial charge in [-0.1, -0.05) is 38.5 Å². The number of ether oxygens (including phenoxy) is 3. The van der Waals surface area contributed by atoms with Crippen LogP contribution in [-0.4, -0.2) is 55.7 Å². The third-order valence-corrected chi connectivity index (χ3v) is 6.39. The number of carbonyl (C=O) groups is 3. The van der Waals surface area contributed by atoms with Crippen molar-refractivity contribution in [1.82, 2.24) is 10.2 Å². The highest BCUT2D eigenvalue weighted by Gasteiger charge is 2.25. The second-order valence-corrected chi connectivity index (χ2v) is 10.4. The van der Waals surface area contributed by atoms with E-state index in [1.807, 2.05) is 17.0 Å². The number of carbonyl (C=O) groups excluding carboxylic acids is 3. The van der Waals surface area contributed by atoms with Crippen LogP contribution in [0.3, 0.4) is 0 Å². The molecule has 0 aromatic heterocycles. The Morgan fingerprint density at radius 3 is 2.32 bits per heavy atom. The van der Waals surface area contributed by atoms with E-state index >= 15 is 0 Å². The lowest BCUT2D eigenvalue weighted by atomic mass is 9.85. The number of aryl methyl sites for hydroxylation is 1. The van der Waals surface area contributed by atoms with Crippen molar-refractivity contribution in [1.29, 1.82) is 0 Å². The molecule has 0 radical (unpaired) electrons. The number of nitrogens with zero attached hydrogens (tertiary/aromatic N) is 1. The van der Waals surface area contributed by atoms with Gasteiger partial charge in [-0.3, -0.25) is 9.59 Å². The van der Waals surface area contributed by atoms with E-state index in [9.17, 15) is 14.4 Å². The molecule has 1 aliphatic heterocycles. The monoisotopic (exact) mass is 510 g/mol. The van der Waals surface area contributed by atoms with Gasteiger partial charge in [0.15, 0.2) is 6.61 Å². The van der Waals surface area contributed by atoms with Gasteiger partial charge in [0, 0.05) is 25.2 Å². The minimum Gasteiger partial charge on any atom is -0.483 e. The summed E-state index contributed by atoms with van der Waals surface area (Å²) in [5.41, 5.74) is 2.66. The highest BCUT2D eigenvalue weighted by molar-refractivity contribution is 5.94. The van der Waals surface area contributed by atoms with Crippen molar-refractivity contribution < 1.29 is 28.6 Å². The summed E-state index contributed by atoms with van der Waals surface area (Å²) in [5, 5.41) is 2.97. The molecule has 0 atom stereocenters. The maximum Gasteiger partial charge on any atom is 0.513 e. The molecular weight excluding hydrogens is 472 g/mol. The molecule has 2 aromatic carbocycles. The van der Waals surface area contributed by atoms with Crippen LogP contribution in [0.4, 0.5) is 4.79 Å².